The van der Waals surface area contributed by atoms with E-state index in [9.17, 15) is 4.79 Å². The molecule has 0 unspecified atom stereocenters. The molecule has 1 heterocycles. The van der Waals surface area contributed by atoms with Crippen molar-refractivity contribution in [2.24, 2.45) is 0 Å². The van der Waals surface area contributed by atoms with Crippen LogP contribution in [0.15, 0.2) is 35.1 Å². The molecular formula is C13H10BrN3O2. The number of esters is 1. The Bertz CT molecular complexity index is 658. The van der Waals surface area contributed by atoms with Crippen LogP contribution in [0.5, 0.6) is 0 Å². The van der Waals surface area contributed by atoms with Gasteiger partial charge in [0.2, 0.25) is 0 Å². The molecule has 0 atom stereocenters. The van der Waals surface area contributed by atoms with Crippen LogP contribution in [0.2, 0.25) is 0 Å². The van der Waals surface area contributed by atoms with Gasteiger partial charge in [-0.05, 0) is 25.1 Å². The van der Waals surface area contributed by atoms with Gasteiger partial charge in [-0.15, -0.1) is 0 Å². The summed E-state index contributed by atoms with van der Waals surface area (Å²) in [6, 6.07) is 7.31. The van der Waals surface area contributed by atoms with E-state index in [2.05, 4.69) is 27.1 Å². The van der Waals surface area contributed by atoms with E-state index in [-0.39, 0.29) is 0 Å². The Morgan fingerprint density at radius 3 is 3.05 bits per heavy atom. The maximum absolute atomic E-state index is 11.6. The first kappa shape index (κ1) is 13.3. The molecule has 2 aromatic rings. The number of nitrogens with zero attached hydrogens (tertiary/aromatic N) is 3. The molecule has 0 N–H and O–H groups in total. The summed E-state index contributed by atoms with van der Waals surface area (Å²) in [6.45, 7) is 2.05. The Labute approximate surface area is 118 Å². The number of benzene rings is 1. The van der Waals surface area contributed by atoms with Crippen molar-refractivity contribution in [1.29, 1.82) is 5.26 Å². The van der Waals surface area contributed by atoms with Crippen LogP contribution < -0.4 is 0 Å². The SMILES string of the molecule is CCOC(=O)c1cnn(-c2cc(Br)ccc2C#N)c1. The van der Waals surface area contributed by atoms with Gasteiger partial charge in [0.25, 0.3) is 0 Å². The monoisotopic (exact) mass is 319 g/mol. The number of carbonyl (C=O) groups excluding carboxylic acids is 1. The molecule has 0 amide bonds. The second-order valence-electron chi connectivity index (χ2n) is 3.67. The Morgan fingerprint density at radius 2 is 2.37 bits per heavy atom. The van der Waals surface area contributed by atoms with Gasteiger partial charge >= 0.3 is 5.97 Å². The van der Waals surface area contributed by atoms with Crippen LogP contribution >= 0.6 is 15.9 Å². The minimum atomic E-state index is -0.428. The molecule has 1 aromatic heterocycles. The van der Waals surface area contributed by atoms with Crippen molar-refractivity contribution in [1.82, 2.24) is 9.78 Å². The highest BCUT2D eigenvalue weighted by atomic mass is 79.9. The van der Waals surface area contributed by atoms with Crippen molar-refractivity contribution >= 4 is 21.9 Å². The average Bonchev–Trinajstić information content (AvgIpc) is 2.88. The summed E-state index contributed by atoms with van der Waals surface area (Å²) in [4.78, 5) is 11.6. The minimum Gasteiger partial charge on any atom is -0.462 e. The summed E-state index contributed by atoms with van der Waals surface area (Å²) in [5.41, 5.74) is 1.43. The van der Waals surface area contributed by atoms with Crippen LogP contribution in [-0.4, -0.2) is 22.4 Å². The molecule has 0 aliphatic heterocycles. The quantitative estimate of drug-likeness (QED) is 0.816. The van der Waals surface area contributed by atoms with Crippen LogP contribution in [0, 0.1) is 11.3 Å². The van der Waals surface area contributed by atoms with Gasteiger partial charge in [-0.25, -0.2) is 9.48 Å². The summed E-state index contributed by atoms with van der Waals surface area (Å²) in [6.07, 6.45) is 2.96. The lowest BCUT2D eigenvalue weighted by Gasteiger charge is -2.04. The largest absolute Gasteiger partial charge is 0.462 e. The van der Waals surface area contributed by atoms with Crippen molar-refractivity contribution in [3.8, 4) is 11.8 Å². The molecule has 0 saturated heterocycles. The maximum atomic E-state index is 11.6. The highest BCUT2D eigenvalue weighted by Gasteiger charge is 2.12. The van der Waals surface area contributed by atoms with Gasteiger partial charge in [-0.3, -0.25) is 0 Å². The van der Waals surface area contributed by atoms with Gasteiger partial charge in [0, 0.05) is 10.7 Å². The minimum absolute atomic E-state index is 0.310. The number of halogens is 1. The summed E-state index contributed by atoms with van der Waals surface area (Å²) >= 11 is 3.34. The predicted molar refractivity (Wildman–Crippen MR) is 71.9 cm³/mol. The van der Waals surface area contributed by atoms with Crippen LogP contribution in [0.25, 0.3) is 5.69 Å². The molecule has 6 heteroatoms. The average molecular weight is 320 g/mol. The molecule has 0 fully saturated rings. The van der Waals surface area contributed by atoms with Crippen LogP contribution in [-0.2, 0) is 4.74 Å². The molecule has 0 radical (unpaired) electrons. The molecule has 0 aliphatic rings. The third-order valence-electron chi connectivity index (χ3n) is 2.42. The molecule has 0 spiro atoms. The van der Waals surface area contributed by atoms with E-state index in [4.69, 9.17) is 10.00 Å². The van der Waals surface area contributed by atoms with E-state index in [1.165, 1.54) is 10.9 Å². The number of hydrogen-bond acceptors (Lipinski definition) is 4. The molecule has 1 aromatic carbocycles. The van der Waals surface area contributed by atoms with Crippen molar-refractivity contribution in [2.75, 3.05) is 6.61 Å². The number of nitriles is 1. The summed E-state index contributed by atoms with van der Waals surface area (Å²) in [5, 5.41) is 13.2. The second kappa shape index (κ2) is 5.67. The molecule has 19 heavy (non-hydrogen) atoms. The highest BCUT2D eigenvalue weighted by molar-refractivity contribution is 9.10. The topological polar surface area (TPSA) is 67.9 Å². The van der Waals surface area contributed by atoms with Crippen molar-refractivity contribution in [2.45, 2.75) is 6.92 Å². The zero-order valence-electron chi connectivity index (χ0n) is 10.1. The first-order valence-corrected chi connectivity index (χ1v) is 6.37. The maximum Gasteiger partial charge on any atom is 0.341 e. The summed E-state index contributed by atoms with van der Waals surface area (Å²) < 4.78 is 7.20. The third kappa shape index (κ3) is 2.83. The second-order valence-corrected chi connectivity index (χ2v) is 4.58. The number of carbonyl (C=O) groups is 1. The van der Waals surface area contributed by atoms with Gasteiger partial charge in [-0.1, -0.05) is 15.9 Å². The standard InChI is InChI=1S/C13H10BrN3O2/c1-2-19-13(18)10-7-16-17(8-10)12-5-11(14)4-3-9(12)6-15/h3-5,7-8H,2H2,1H3. The number of aromatic nitrogens is 2. The molecule has 2 rings (SSSR count). The molecular weight excluding hydrogens is 310 g/mol. The summed E-state index contributed by atoms with van der Waals surface area (Å²) in [5.74, 6) is -0.428. The van der Waals surface area contributed by atoms with Gasteiger partial charge < -0.3 is 4.74 Å². The number of rotatable bonds is 3. The van der Waals surface area contributed by atoms with E-state index in [0.717, 1.165) is 4.47 Å². The van der Waals surface area contributed by atoms with Gasteiger partial charge in [0.05, 0.1) is 29.6 Å². The fraction of sp³-hybridized carbons (Fsp3) is 0.154. The van der Waals surface area contributed by atoms with Crippen LogP contribution in [0.3, 0.4) is 0 Å². The predicted octanol–water partition coefficient (Wildman–Crippen LogP) is 2.68. The van der Waals surface area contributed by atoms with Gasteiger partial charge in [-0.2, -0.15) is 10.4 Å². The van der Waals surface area contributed by atoms with E-state index in [1.54, 1.807) is 31.3 Å². The Kier molecular flexibility index (Phi) is 3.97. The Morgan fingerprint density at radius 1 is 1.58 bits per heavy atom. The molecule has 0 bridgehead atoms. The van der Waals surface area contributed by atoms with Gasteiger partial charge in [0.15, 0.2) is 0 Å². The van der Waals surface area contributed by atoms with Crippen molar-refractivity contribution in [3.05, 3.63) is 46.2 Å². The first-order valence-electron chi connectivity index (χ1n) is 5.57. The lowest BCUT2D eigenvalue weighted by molar-refractivity contribution is 0.0526. The molecule has 96 valence electrons. The summed E-state index contributed by atoms with van der Waals surface area (Å²) in [7, 11) is 0. The van der Waals surface area contributed by atoms with Gasteiger partial charge in [0.1, 0.15) is 6.07 Å². The highest BCUT2D eigenvalue weighted by Crippen LogP contribution is 2.20. The normalized spacial score (nSPS) is 9.95. The van der Waals surface area contributed by atoms with Crippen molar-refractivity contribution < 1.29 is 9.53 Å². The zero-order valence-corrected chi connectivity index (χ0v) is 11.7. The fourth-order valence-electron chi connectivity index (χ4n) is 1.56. The smallest absolute Gasteiger partial charge is 0.341 e. The lowest BCUT2D eigenvalue weighted by Crippen LogP contribution is -2.03. The number of hydrogen-bond donors (Lipinski definition) is 0. The number of ether oxygens (including phenoxy) is 1. The van der Waals surface area contributed by atoms with Crippen LogP contribution in [0.1, 0.15) is 22.8 Å². The Balaban J connectivity index is 2.41. The molecule has 5 nitrogen and oxygen atoms in total. The first-order chi connectivity index (χ1) is 9.15. The van der Waals surface area contributed by atoms with E-state index >= 15 is 0 Å². The lowest BCUT2D eigenvalue weighted by atomic mass is 10.2. The molecule has 0 saturated carbocycles. The van der Waals surface area contributed by atoms with E-state index in [1.807, 2.05) is 0 Å². The Hall–Kier alpha value is -2.13. The van der Waals surface area contributed by atoms with E-state index in [0.29, 0.717) is 23.4 Å². The zero-order chi connectivity index (χ0) is 13.8. The van der Waals surface area contributed by atoms with E-state index < -0.39 is 5.97 Å². The van der Waals surface area contributed by atoms with Crippen molar-refractivity contribution in [3.63, 3.8) is 0 Å². The molecule has 0 aliphatic carbocycles. The third-order valence-corrected chi connectivity index (χ3v) is 2.91. The fourth-order valence-corrected chi connectivity index (χ4v) is 1.91. The van der Waals surface area contributed by atoms with Crippen LogP contribution in [0.4, 0.5) is 0 Å².